The summed E-state index contributed by atoms with van der Waals surface area (Å²) in [5.74, 6) is -0.668. The molecule has 0 radical (unpaired) electrons. The number of anilines is 1. The zero-order chi connectivity index (χ0) is 12.6. The molecule has 0 N–H and O–H groups in total. The fourth-order valence-electron chi connectivity index (χ4n) is 1.64. The third kappa shape index (κ3) is 2.32. The molecule has 1 aromatic carbocycles. The van der Waals surface area contributed by atoms with Crippen molar-refractivity contribution in [2.75, 3.05) is 4.90 Å². The van der Waals surface area contributed by atoms with Gasteiger partial charge in [0.15, 0.2) is 0 Å². The number of halogens is 1. The van der Waals surface area contributed by atoms with Crippen molar-refractivity contribution in [3.63, 3.8) is 0 Å². The van der Waals surface area contributed by atoms with Gasteiger partial charge in [-0.25, -0.2) is 8.42 Å². The quantitative estimate of drug-likeness (QED) is 0.601. The molecule has 1 fully saturated rings. The van der Waals surface area contributed by atoms with Crippen molar-refractivity contribution in [1.82, 2.24) is 0 Å². The highest BCUT2D eigenvalue weighted by atomic mass is 35.7. The second-order valence-electron chi connectivity index (χ2n) is 3.56. The molecule has 2 rings (SSSR count). The van der Waals surface area contributed by atoms with E-state index in [1.165, 1.54) is 24.3 Å². The van der Waals surface area contributed by atoms with Gasteiger partial charge in [0.1, 0.15) is 0 Å². The van der Waals surface area contributed by atoms with Crippen LogP contribution in [0.5, 0.6) is 0 Å². The van der Waals surface area contributed by atoms with Crippen LogP contribution in [0.4, 0.5) is 5.69 Å². The third-order valence-electron chi connectivity index (χ3n) is 2.41. The van der Waals surface area contributed by atoms with Gasteiger partial charge in [0.2, 0.25) is 11.8 Å². The van der Waals surface area contributed by atoms with Gasteiger partial charge in [-0.2, -0.15) is 0 Å². The molecular weight excluding hydrogens is 266 g/mol. The molecule has 5 nitrogen and oxygen atoms in total. The van der Waals surface area contributed by atoms with Crippen molar-refractivity contribution >= 4 is 37.2 Å². The van der Waals surface area contributed by atoms with E-state index in [4.69, 9.17) is 10.7 Å². The number of hydrogen-bond donors (Lipinski definition) is 0. The number of rotatable bonds is 2. The summed E-state index contributed by atoms with van der Waals surface area (Å²) in [6.07, 6.45) is 0.299. The zero-order valence-electron chi connectivity index (χ0n) is 8.59. The summed E-state index contributed by atoms with van der Waals surface area (Å²) in [5.41, 5.74) is 0.235. The number of carbonyl (C=O) groups excluding carboxylic acids is 2. The van der Waals surface area contributed by atoms with E-state index >= 15 is 0 Å². The molecule has 1 aliphatic rings. The first-order valence-electron chi connectivity index (χ1n) is 4.80. The number of nitrogens with zero attached hydrogens (tertiary/aromatic N) is 1. The molecule has 1 heterocycles. The van der Waals surface area contributed by atoms with Crippen molar-refractivity contribution in [3.05, 3.63) is 24.3 Å². The van der Waals surface area contributed by atoms with Gasteiger partial charge in [0.05, 0.1) is 10.6 Å². The minimum Gasteiger partial charge on any atom is -0.274 e. The lowest BCUT2D eigenvalue weighted by atomic mass is 10.3. The maximum atomic E-state index is 11.5. The molecule has 1 saturated heterocycles. The maximum Gasteiger partial charge on any atom is 0.261 e. The number of hydrogen-bond acceptors (Lipinski definition) is 4. The van der Waals surface area contributed by atoms with Crippen molar-refractivity contribution in [2.45, 2.75) is 17.7 Å². The Morgan fingerprint density at radius 1 is 1.12 bits per heavy atom. The standard InChI is InChI=1S/C10H8ClNO4S/c11-17(15,16)8-3-1-2-7(6-8)12-9(13)4-5-10(12)14/h1-3,6H,4-5H2. The average Bonchev–Trinajstić information content (AvgIpc) is 2.57. The molecule has 7 heteroatoms. The van der Waals surface area contributed by atoms with E-state index in [0.717, 1.165) is 4.90 Å². The van der Waals surface area contributed by atoms with Crippen molar-refractivity contribution in [2.24, 2.45) is 0 Å². The fourth-order valence-corrected chi connectivity index (χ4v) is 2.43. The first-order valence-corrected chi connectivity index (χ1v) is 7.11. The van der Waals surface area contributed by atoms with Gasteiger partial charge in [-0.15, -0.1) is 0 Å². The zero-order valence-corrected chi connectivity index (χ0v) is 10.2. The van der Waals surface area contributed by atoms with Gasteiger partial charge >= 0.3 is 0 Å². The van der Waals surface area contributed by atoms with Gasteiger partial charge in [-0.1, -0.05) is 6.07 Å². The summed E-state index contributed by atoms with van der Waals surface area (Å²) in [6.45, 7) is 0. The Bertz CT molecular complexity index is 580. The number of benzene rings is 1. The van der Waals surface area contributed by atoms with Crippen molar-refractivity contribution < 1.29 is 18.0 Å². The Morgan fingerprint density at radius 2 is 1.71 bits per heavy atom. The van der Waals surface area contributed by atoms with E-state index in [0.29, 0.717) is 0 Å². The lowest BCUT2D eigenvalue weighted by Crippen LogP contribution is -2.28. The van der Waals surface area contributed by atoms with Crippen LogP contribution in [0.15, 0.2) is 29.2 Å². The van der Waals surface area contributed by atoms with Crippen molar-refractivity contribution in [3.8, 4) is 0 Å². The van der Waals surface area contributed by atoms with Gasteiger partial charge in [0.25, 0.3) is 9.05 Å². The Labute approximate surface area is 102 Å². The number of carbonyl (C=O) groups is 2. The predicted molar refractivity (Wildman–Crippen MR) is 61.2 cm³/mol. The van der Waals surface area contributed by atoms with Crippen LogP contribution in [0.25, 0.3) is 0 Å². The predicted octanol–water partition coefficient (Wildman–Crippen LogP) is 1.27. The SMILES string of the molecule is O=C1CCC(=O)N1c1cccc(S(=O)(=O)Cl)c1. The second kappa shape index (κ2) is 4.12. The fraction of sp³-hybridized carbons (Fsp3) is 0.200. The molecule has 1 aromatic rings. The molecule has 2 amide bonds. The lowest BCUT2D eigenvalue weighted by molar-refractivity contribution is -0.121. The molecule has 0 aromatic heterocycles. The van der Waals surface area contributed by atoms with Gasteiger partial charge < -0.3 is 0 Å². The molecule has 0 saturated carbocycles. The van der Waals surface area contributed by atoms with Gasteiger partial charge in [0, 0.05) is 23.5 Å². The highest BCUT2D eigenvalue weighted by Crippen LogP contribution is 2.26. The van der Waals surface area contributed by atoms with E-state index < -0.39 is 9.05 Å². The molecule has 0 aliphatic carbocycles. The highest BCUT2D eigenvalue weighted by Gasteiger charge is 2.30. The van der Waals surface area contributed by atoms with Crippen LogP contribution in [0.1, 0.15) is 12.8 Å². The van der Waals surface area contributed by atoms with E-state index in [2.05, 4.69) is 0 Å². The molecule has 0 bridgehead atoms. The van der Waals surface area contributed by atoms with Crippen LogP contribution in [-0.2, 0) is 18.6 Å². The minimum absolute atomic E-state index is 0.135. The van der Waals surface area contributed by atoms with Crippen molar-refractivity contribution in [1.29, 1.82) is 0 Å². The smallest absolute Gasteiger partial charge is 0.261 e. The molecule has 0 spiro atoms. The molecule has 90 valence electrons. The first-order chi connectivity index (χ1) is 7.89. The molecule has 17 heavy (non-hydrogen) atoms. The third-order valence-corrected chi connectivity index (χ3v) is 3.76. The Morgan fingerprint density at radius 3 is 2.24 bits per heavy atom. The Balaban J connectivity index is 2.47. The summed E-state index contributed by atoms with van der Waals surface area (Å²) in [5, 5.41) is 0. The second-order valence-corrected chi connectivity index (χ2v) is 6.12. The average molecular weight is 274 g/mol. The largest absolute Gasteiger partial charge is 0.274 e. The van der Waals surface area contributed by atoms with Crippen LogP contribution in [0.2, 0.25) is 0 Å². The summed E-state index contributed by atoms with van der Waals surface area (Å²) in [6, 6.07) is 5.44. The summed E-state index contributed by atoms with van der Waals surface area (Å²) in [7, 11) is 1.33. The minimum atomic E-state index is -3.87. The van der Waals surface area contributed by atoms with Gasteiger partial charge in [-0.3, -0.25) is 14.5 Å². The van der Waals surface area contributed by atoms with Crippen LogP contribution in [0.3, 0.4) is 0 Å². The van der Waals surface area contributed by atoms with Gasteiger partial charge in [-0.05, 0) is 18.2 Å². The monoisotopic (exact) mass is 273 g/mol. The number of imide groups is 1. The first kappa shape index (κ1) is 12.1. The normalized spacial score (nSPS) is 16.6. The van der Waals surface area contributed by atoms with Crippen LogP contribution in [0, 0.1) is 0 Å². The number of amides is 2. The van der Waals surface area contributed by atoms with E-state index in [1.54, 1.807) is 0 Å². The van der Waals surface area contributed by atoms with E-state index in [9.17, 15) is 18.0 Å². The van der Waals surface area contributed by atoms with E-state index in [-0.39, 0.29) is 35.2 Å². The summed E-state index contributed by atoms with van der Waals surface area (Å²) < 4.78 is 22.3. The Hall–Kier alpha value is -1.40. The highest BCUT2D eigenvalue weighted by molar-refractivity contribution is 8.13. The molecule has 0 unspecified atom stereocenters. The summed E-state index contributed by atoms with van der Waals surface area (Å²) in [4.78, 5) is 23.8. The van der Waals surface area contributed by atoms with Crippen LogP contribution < -0.4 is 4.90 Å². The topological polar surface area (TPSA) is 71.5 Å². The van der Waals surface area contributed by atoms with Crippen LogP contribution >= 0.6 is 10.7 Å². The summed E-state index contributed by atoms with van der Waals surface area (Å²) >= 11 is 0. The molecule has 1 aliphatic heterocycles. The molecular formula is C10H8ClNO4S. The lowest BCUT2D eigenvalue weighted by Gasteiger charge is -2.14. The molecule has 0 atom stereocenters. The van der Waals surface area contributed by atoms with Crippen LogP contribution in [-0.4, -0.2) is 20.2 Å². The maximum absolute atomic E-state index is 11.5. The Kier molecular flexibility index (Phi) is 2.92. The van der Waals surface area contributed by atoms with E-state index in [1.807, 2.05) is 0 Å².